The number of nitrogens with zero attached hydrogens (tertiary/aromatic N) is 1. The molecule has 1 aromatic carbocycles. The first-order valence-corrected chi connectivity index (χ1v) is 7.08. The van der Waals surface area contributed by atoms with Crippen LogP contribution in [0.1, 0.15) is 30.1 Å². The molecule has 1 atom stereocenters. The smallest absolute Gasteiger partial charge is 0.259 e. The molecule has 3 N–H and O–H groups in total. The molecule has 0 bridgehead atoms. The molecule has 1 aromatic rings. The Hall–Kier alpha value is -1.75. The topological polar surface area (TPSA) is 75.8 Å². The number of hydrogen-bond acceptors (Lipinski definition) is 4. The second-order valence-corrected chi connectivity index (χ2v) is 5.10. The van der Waals surface area contributed by atoms with Crippen LogP contribution >= 0.6 is 0 Å². The Balaban J connectivity index is 2.24. The second kappa shape index (κ2) is 6.61. The Morgan fingerprint density at radius 3 is 3.05 bits per heavy atom. The number of nitrogens with two attached hydrogens (primary N) is 1. The standard InChI is InChI=1S/C15H22N2O3/c1-2-20-13-7-3-6-12(16)14(13)15(19)17-8-4-5-11(9-17)10-18/h3,6-7,11,18H,2,4-5,8-10,16H2,1H3. The largest absolute Gasteiger partial charge is 0.493 e. The molecule has 1 saturated heterocycles. The Labute approximate surface area is 119 Å². The number of benzene rings is 1. The van der Waals surface area contributed by atoms with Crippen LogP contribution in [0.5, 0.6) is 5.75 Å². The first-order valence-electron chi connectivity index (χ1n) is 7.08. The van der Waals surface area contributed by atoms with E-state index in [1.54, 1.807) is 23.1 Å². The van der Waals surface area contributed by atoms with Crippen molar-refractivity contribution in [3.05, 3.63) is 23.8 Å². The van der Waals surface area contributed by atoms with E-state index in [1.165, 1.54) is 0 Å². The van der Waals surface area contributed by atoms with Crippen LogP contribution in [-0.2, 0) is 0 Å². The van der Waals surface area contributed by atoms with Gasteiger partial charge < -0.3 is 20.5 Å². The zero-order valence-electron chi connectivity index (χ0n) is 11.8. The van der Waals surface area contributed by atoms with E-state index in [9.17, 15) is 9.90 Å². The summed E-state index contributed by atoms with van der Waals surface area (Å²) in [6.45, 7) is 3.76. The van der Waals surface area contributed by atoms with Gasteiger partial charge in [0, 0.05) is 25.4 Å². The number of carbonyl (C=O) groups is 1. The van der Waals surface area contributed by atoms with Crippen molar-refractivity contribution in [3.8, 4) is 5.75 Å². The minimum atomic E-state index is -0.107. The predicted octanol–water partition coefficient (Wildman–Crippen LogP) is 1.51. The maximum Gasteiger partial charge on any atom is 0.259 e. The van der Waals surface area contributed by atoms with Gasteiger partial charge >= 0.3 is 0 Å². The number of aliphatic hydroxyl groups excluding tert-OH is 1. The van der Waals surface area contributed by atoms with Crippen molar-refractivity contribution in [2.45, 2.75) is 19.8 Å². The maximum atomic E-state index is 12.7. The van der Waals surface area contributed by atoms with E-state index in [-0.39, 0.29) is 18.4 Å². The molecule has 0 saturated carbocycles. The van der Waals surface area contributed by atoms with Gasteiger partial charge in [0.25, 0.3) is 5.91 Å². The van der Waals surface area contributed by atoms with Gasteiger partial charge in [-0.05, 0) is 37.8 Å². The van der Waals surface area contributed by atoms with Crippen molar-refractivity contribution in [3.63, 3.8) is 0 Å². The number of nitrogen functional groups attached to an aromatic ring is 1. The summed E-state index contributed by atoms with van der Waals surface area (Å²) in [5.74, 6) is 0.585. The highest BCUT2D eigenvalue weighted by atomic mass is 16.5. The van der Waals surface area contributed by atoms with Crippen LogP contribution in [0.4, 0.5) is 5.69 Å². The third-order valence-corrected chi connectivity index (χ3v) is 3.64. The summed E-state index contributed by atoms with van der Waals surface area (Å²) < 4.78 is 5.51. The quantitative estimate of drug-likeness (QED) is 0.819. The molecule has 5 nitrogen and oxygen atoms in total. The number of aliphatic hydroxyl groups is 1. The summed E-state index contributed by atoms with van der Waals surface area (Å²) in [7, 11) is 0. The van der Waals surface area contributed by atoms with Crippen molar-refractivity contribution < 1.29 is 14.6 Å². The summed E-state index contributed by atoms with van der Waals surface area (Å²) in [4.78, 5) is 14.4. The molecule has 0 radical (unpaired) electrons. The summed E-state index contributed by atoms with van der Waals surface area (Å²) in [6, 6.07) is 5.26. The van der Waals surface area contributed by atoms with Crippen LogP contribution in [0, 0.1) is 5.92 Å². The van der Waals surface area contributed by atoms with Gasteiger partial charge in [-0.25, -0.2) is 0 Å². The van der Waals surface area contributed by atoms with Gasteiger partial charge in [0.15, 0.2) is 0 Å². The van der Waals surface area contributed by atoms with Gasteiger partial charge in [-0.2, -0.15) is 0 Å². The fraction of sp³-hybridized carbons (Fsp3) is 0.533. The van der Waals surface area contributed by atoms with E-state index in [4.69, 9.17) is 10.5 Å². The molecule has 1 aliphatic rings. The third kappa shape index (κ3) is 3.04. The summed E-state index contributed by atoms with van der Waals surface area (Å²) in [6.07, 6.45) is 1.87. The molecule has 0 spiro atoms. The number of piperidine rings is 1. The Kier molecular flexibility index (Phi) is 4.84. The van der Waals surface area contributed by atoms with E-state index in [1.807, 2.05) is 6.92 Å². The highest BCUT2D eigenvalue weighted by molar-refractivity contribution is 6.01. The molecule has 0 aromatic heterocycles. The summed E-state index contributed by atoms with van der Waals surface area (Å²) in [5.41, 5.74) is 6.82. The highest BCUT2D eigenvalue weighted by Crippen LogP contribution is 2.28. The SMILES string of the molecule is CCOc1cccc(N)c1C(=O)N1CCCC(CO)C1. The van der Waals surface area contributed by atoms with Crippen LogP contribution in [0.25, 0.3) is 0 Å². The van der Waals surface area contributed by atoms with E-state index >= 15 is 0 Å². The van der Waals surface area contributed by atoms with E-state index in [0.29, 0.717) is 36.7 Å². The minimum Gasteiger partial charge on any atom is -0.493 e. The average molecular weight is 278 g/mol. The molecular formula is C15H22N2O3. The normalized spacial score (nSPS) is 18.9. The molecule has 20 heavy (non-hydrogen) atoms. The maximum absolute atomic E-state index is 12.7. The number of hydrogen-bond donors (Lipinski definition) is 2. The van der Waals surface area contributed by atoms with Gasteiger partial charge in [-0.1, -0.05) is 6.07 Å². The molecule has 1 amide bonds. The van der Waals surface area contributed by atoms with Gasteiger partial charge in [0.05, 0.1) is 6.61 Å². The number of likely N-dealkylation sites (tertiary alicyclic amines) is 1. The van der Waals surface area contributed by atoms with Crippen LogP contribution in [0.15, 0.2) is 18.2 Å². The van der Waals surface area contributed by atoms with Gasteiger partial charge in [0.1, 0.15) is 11.3 Å². The monoisotopic (exact) mass is 278 g/mol. The van der Waals surface area contributed by atoms with Gasteiger partial charge in [-0.15, -0.1) is 0 Å². The molecule has 1 unspecified atom stereocenters. The number of ether oxygens (including phenoxy) is 1. The van der Waals surface area contributed by atoms with Crippen molar-refractivity contribution in [2.24, 2.45) is 5.92 Å². The van der Waals surface area contributed by atoms with Crippen LogP contribution in [-0.4, -0.2) is 42.2 Å². The lowest BCUT2D eigenvalue weighted by molar-refractivity contribution is 0.0618. The van der Waals surface area contributed by atoms with Crippen molar-refractivity contribution in [1.82, 2.24) is 4.90 Å². The lowest BCUT2D eigenvalue weighted by Gasteiger charge is -2.32. The van der Waals surface area contributed by atoms with Crippen LogP contribution < -0.4 is 10.5 Å². The minimum absolute atomic E-state index is 0.107. The average Bonchev–Trinajstić information content (AvgIpc) is 2.47. The van der Waals surface area contributed by atoms with Gasteiger partial charge in [0.2, 0.25) is 0 Å². The fourth-order valence-corrected chi connectivity index (χ4v) is 2.61. The Morgan fingerprint density at radius 2 is 2.35 bits per heavy atom. The number of rotatable bonds is 4. The molecule has 2 rings (SSSR count). The summed E-state index contributed by atoms with van der Waals surface area (Å²) in [5, 5.41) is 9.27. The molecule has 0 aliphatic carbocycles. The highest BCUT2D eigenvalue weighted by Gasteiger charge is 2.27. The fourth-order valence-electron chi connectivity index (χ4n) is 2.61. The molecule has 1 aliphatic heterocycles. The summed E-state index contributed by atoms with van der Waals surface area (Å²) >= 11 is 0. The third-order valence-electron chi connectivity index (χ3n) is 3.64. The zero-order chi connectivity index (χ0) is 14.5. The van der Waals surface area contributed by atoms with Gasteiger partial charge in [-0.3, -0.25) is 4.79 Å². The number of carbonyl (C=O) groups excluding carboxylic acids is 1. The first kappa shape index (κ1) is 14.7. The number of anilines is 1. The van der Waals surface area contributed by atoms with E-state index < -0.39 is 0 Å². The Bertz CT molecular complexity index is 476. The molecule has 5 heteroatoms. The van der Waals surface area contributed by atoms with Crippen molar-refractivity contribution in [1.29, 1.82) is 0 Å². The molecule has 1 fully saturated rings. The molecule has 110 valence electrons. The van der Waals surface area contributed by atoms with Crippen LogP contribution in [0.3, 0.4) is 0 Å². The molecular weight excluding hydrogens is 256 g/mol. The van der Waals surface area contributed by atoms with Crippen molar-refractivity contribution in [2.75, 3.05) is 32.0 Å². The number of amides is 1. The van der Waals surface area contributed by atoms with E-state index in [2.05, 4.69) is 0 Å². The lowest BCUT2D eigenvalue weighted by atomic mass is 9.98. The van der Waals surface area contributed by atoms with Crippen LogP contribution in [0.2, 0.25) is 0 Å². The first-order chi connectivity index (χ1) is 9.67. The Morgan fingerprint density at radius 1 is 1.55 bits per heavy atom. The predicted molar refractivity (Wildman–Crippen MR) is 77.7 cm³/mol. The van der Waals surface area contributed by atoms with E-state index in [0.717, 1.165) is 12.8 Å². The molecule has 1 heterocycles. The lowest BCUT2D eigenvalue weighted by Crippen LogP contribution is -2.41. The zero-order valence-corrected chi connectivity index (χ0v) is 11.8. The van der Waals surface area contributed by atoms with Crippen molar-refractivity contribution >= 4 is 11.6 Å². The second-order valence-electron chi connectivity index (χ2n) is 5.10.